The first-order valence-electron chi connectivity index (χ1n) is 11.0. The number of thioether (sulfide) groups is 1. The number of non-ortho nitro benzene ring substituents is 1. The lowest BCUT2D eigenvalue weighted by atomic mass is 9.95. The number of nitrogens with zero attached hydrogens (tertiary/aromatic N) is 5. The zero-order valence-electron chi connectivity index (χ0n) is 19.2. The Balaban J connectivity index is 1.55. The number of rotatable bonds is 7. The van der Waals surface area contributed by atoms with Crippen molar-refractivity contribution in [1.82, 2.24) is 15.2 Å². The van der Waals surface area contributed by atoms with Crippen LogP contribution >= 0.6 is 34.7 Å². The molecule has 0 aliphatic carbocycles. The summed E-state index contributed by atoms with van der Waals surface area (Å²) in [6.45, 7) is 0. The summed E-state index contributed by atoms with van der Waals surface area (Å²) in [7, 11) is 0. The highest BCUT2D eigenvalue weighted by atomic mass is 35.5. The third kappa shape index (κ3) is 4.88. The third-order valence-corrected chi connectivity index (χ3v) is 8.20. The molecule has 1 fully saturated rings. The summed E-state index contributed by atoms with van der Waals surface area (Å²) in [6, 6.07) is 14.7. The van der Waals surface area contributed by atoms with Crippen LogP contribution in [0.2, 0.25) is 5.02 Å². The average molecular weight is 566 g/mol. The normalized spacial score (nSPS) is 16.7. The molecule has 2 aromatic heterocycles. The van der Waals surface area contributed by atoms with Crippen molar-refractivity contribution in [2.24, 2.45) is 0 Å². The van der Waals surface area contributed by atoms with E-state index in [-0.39, 0.29) is 22.0 Å². The van der Waals surface area contributed by atoms with Crippen LogP contribution in [0.25, 0.3) is 5.76 Å². The minimum atomic E-state index is -1.08. The molecule has 10 nitrogen and oxygen atoms in total. The maximum absolute atomic E-state index is 13.3. The van der Waals surface area contributed by atoms with Crippen LogP contribution in [0.3, 0.4) is 0 Å². The predicted molar refractivity (Wildman–Crippen MR) is 143 cm³/mol. The highest BCUT2D eigenvalue weighted by Crippen LogP contribution is 2.44. The Morgan fingerprint density at radius 2 is 1.79 bits per heavy atom. The fourth-order valence-corrected chi connectivity index (χ4v) is 6.06. The number of benzene rings is 2. The van der Waals surface area contributed by atoms with E-state index < -0.39 is 28.4 Å². The van der Waals surface area contributed by atoms with Gasteiger partial charge in [-0.15, -0.1) is 10.2 Å². The van der Waals surface area contributed by atoms with E-state index in [1.807, 2.05) is 18.2 Å². The fraction of sp³-hybridized carbons (Fsp3) is 0.0800. The Hall–Kier alpha value is -4.13. The molecule has 0 spiro atoms. The highest BCUT2D eigenvalue weighted by molar-refractivity contribution is 8.00. The standard InChI is InChI=1S/C25H16ClN5O5S2/c26-18-4-2-1-3-16(18)13-37-25-29-28-24(38-25)30-20(14-5-7-17(8-6-14)31(35)36)19(22(33)23(30)34)21(32)15-9-11-27-12-10-15/h1-12,20,32H,13H2. The minimum absolute atomic E-state index is 0.144. The third-order valence-electron chi connectivity index (χ3n) is 5.73. The van der Waals surface area contributed by atoms with E-state index in [9.17, 15) is 24.8 Å². The summed E-state index contributed by atoms with van der Waals surface area (Å²) in [5.74, 6) is -1.69. The number of Topliss-reactive ketones (excluding diaryl/α,β-unsaturated/α-hetero) is 1. The van der Waals surface area contributed by atoms with Gasteiger partial charge < -0.3 is 5.11 Å². The lowest BCUT2D eigenvalue weighted by Gasteiger charge is -2.22. The Labute approximate surface area is 228 Å². The summed E-state index contributed by atoms with van der Waals surface area (Å²) in [5.41, 5.74) is 1.24. The molecule has 13 heteroatoms. The number of aliphatic hydroxyl groups excluding tert-OH is 1. The van der Waals surface area contributed by atoms with Crippen LogP contribution in [0.1, 0.15) is 22.7 Å². The van der Waals surface area contributed by atoms with E-state index >= 15 is 0 Å². The van der Waals surface area contributed by atoms with E-state index in [1.54, 1.807) is 6.07 Å². The molecular weight excluding hydrogens is 550 g/mol. The molecule has 1 unspecified atom stereocenters. The van der Waals surface area contributed by atoms with Crippen LogP contribution in [-0.2, 0) is 15.3 Å². The molecule has 1 aliphatic rings. The summed E-state index contributed by atoms with van der Waals surface area (Å²) in [5, 5.41) is 31.3. The first-order valence-corrected chi connectivity index (χ1v) is 13.2. The van der Waals surface area contributed by atoms with Gasteiger partial charge in [-0.05, 0) is 41.5 Å². The summed E-state index contributed by atoms with van der Waals surface area (Å²) in [6.07, 6.45) is 2.89. The molecule has 1 aliphatic heterocycles. The first-order chi connectivity index (χ1) is 18.3. The maximum atomic E-state index is 13.3. The van der Waals surface area contributed by atoms with Crippen molar-refractivity contribution in [1.29, 1.82) is 0 Å². The van der Waals surface area contributed by atoms with Crippen molar-refractivity contribution < 1.29 is 19.6 Å². The number of carbonyl (C=O) groups is 2. The largest absolute Gasteiger partial charge is 0.507 e. The van der Waals surface area contributed by atoms with Gasteiger partial charge in [0.15, 0.2) is 4.34 Å². The van der Waals surface area contributed by atoms with Crippen molar-refractivity contribution in [3.05, 3.63) is 110 Å². The van der Waals surface area contributed by atoms with Gasteiger partial charge in [0.1, 0.15) is 5.76 Å². The van der Waals surface area contributed by atoms with E-state index in [1.165, 1.54) is 60.6 Å². The SMILES string of the molecule is O=C1C(=O)N(c2nnc(SCc3ccccc3Cl)s2)C(c2ccc([N+](=O)[O-])cc2)C1=C(O)c1ccncc1. The minimum Gasteiger partial charge on any atom is -0.507 e. The van der Waals surface area contributed by atoms with E-state index in [2.05, 4.69) is 15.2 Å². The highest BCUT2D eigenvalue weighted by Gasteiger charge is 2.48. The lowest BCUT2D eigenvalue weighted by molar-refractivity contribution is -0.384. The number of aliphatic hydroxyl groups is 1. The van der Waals surface area contributed by atoms with Crippen molar-refractivity contribution in [2.75, 3.05) is 4.90 Å². The van der Waals surface area contributed by atoms with Gasteiger partial charge in [-0.1, -0.05) is 52.9 Å². The number of carbonyl (C=O) groups excluding carboxylic acids is 2. The van der Waals surface area contributed by atoms with Gasteiger partial charge in [0.05, 0.1) is 16.5 Å². The number of nitro benzene ring substituents is 1. The number of hydrogen-bond acceptors (Lipinski definition) is 10. The van der Waals surface area contributed by atoms with Gasteiger partial charge >= 0.3 is 5.91 Å². The molecule has 1 N–H and O–H groups in total. The average Bonchev–Trinajstić information content (AvgIpc) is 3.50. The topological polar surface area (TPSA) is 139 Å². The number of anilines is 1. The zero-order chi connectivity index (χ0) is 26.8. The Morgan fingerprint density at radius 1 is 1.08 bits per heavy atom. The smallest absolute Gasteiger partial charge is 0.301 e. The Bertz CT molecular complexity index is 1580. The van der Waals surface area contributed by atoms with Crippen molar-refractivity contribution >= 4 is 63.0 Å². The quantitative estimate of drug-likeness (QED) is 0.0592. The molecule has 1 saturated heterocycles. The number of pyridine rings is 1. The number of aromatic nitrogens is 3. The molecule has 5 rings (SSSR count). The second-order valence-electron chi connectivity index (χ2n) is 7.98. The van der Waals surface area contributed by atoms with Gasteiger partial charge in [-0.25, -0.2) is 0 Å². The van der Waals surface area contributed by atoms with E-state index in [0.29, 0.717) is 20.7 Å². The van der Waals surface area contributed by atoms with Gasteiger partial charge in [-0.3, -0.25) is 29.6 Å². The second kappa shape index (κ2) is 10.7. The Morgan fingerprint density at radius 3 is 2.47 bits per heavy atom. The lowest BCUT2D eigenvalue weighted by Crippen LogP contribution is -2.29. The summed E-state index contributed by atoms with van der Waals surface area (Å²) in [4.78, 5) is 42.2. The molecule has 2 aromatic carbocycles. The Kier molecular flexibility index (Phi) is 7.18. The van der Waals surface area contributed by atoms with E-state index in [0.717, 1.165) is 21.8 Å². The molecule has 190 valence electrons. The van der Waals surface area contributed by atoms with Gasteiger partial charge in [-0.2, -0.15) is 0 Å². The van der Waals surface area contributed by atoms with Crippen molar-refractivity contribution in [3.63, 3.8) is 0 Å². The van der Waals surface area contributed by atoms with Gasteiger partial charge in [0, 0.05) is 40.9 Å². The molecule has 0 bridgehead atoms. The summed E-state index contributed by atoms with van der Waals surface area (Å²) < 4.78 is 0.540. The van der Waals surface area contributed by atoms with Crippen molar-refractivity contribution in [3.8, 4) is 0 Å². The first kappa shape index (κ1) is 25.5. The molecule has 38 heavy (non-hydrogen) atoms. The molecule has 0 saturated carbocycles. The monoisotopic (exact) mass is 565 g/mol. The van der Waals surface area contributed by atoms with Crippen LogP contribution < -0.4 is 4.90 Å². The number of ketones is 1. The van der Waals surface area contributed by atoms with Crippen LogP contribution in [0.5, 0.6) is 0 Å². The molecular formula is C25H16ClN5O5S2. The maximum Gasteiger partial charge on any atom is 0.301 e. The van der Waals surface area contributed by atoms with Crippen LogP contribution in [0.4, 0.5) is 10.8 Å². The van der Waals surface area contributed by atoms with E-state index in [4.69, 9.17) is 11.6 Å². The molecule has 4 aromatic rings. The molecule has 1 amide bonds. The van der Waals surface area contributed by atoms with Crippen molar-refractivity contribution in [2.45, 2.75) is 16.1 Å². The van der Waals surface area contributed by atoms with Crippen LogP contribution in [-0.4, -0.2) is 36.9 Å². The predicted octanol–water partition coefficient (Wildman–Crippen LogP) is 5.41. The number of amides is 1. The zero-order valence-corrected chi connectivity index (χ0v) is 21.6. The molecule has 1 atom stereocenters. The molecule has 0 radical (unpaired) electrons. The van der Waals surface area contributed by atoms with Crippen LogP contribution in [0.15, 0.2) is 83.0 Å². The van der Waals surface area contributed by atoms with Crippen LogP contribution in [0, 0.1) is 10.1 Å². The number of nitro groups is 1. The van der Waals surface area contributed by atoms with Gasteiger partial charge in [0.2, 0.25) is 5.13 Å². The summed E-state index contributed by atoms with van der Waals surface area (Å²) >= 11 is 8.71. The number of hydrogen-bond donors (Lipinski definition) is 1. The fourth-order valence-electron chi connectivity index (χ4n) is 3.90. The number of halogens is 1. The van der Waals surface area contributed by atoms with Gasteiger partial charge in [0.25, 0.3) is 11.5 Å². The molecule has 3 heterocycles. The second-order valence-corrected chi connectivity index (χ2v) is 10.6.